The molecule has 0 aliphatic heterocycles. The molecule has 0 atom stereocenters. The number of hydrogen-bond donors (Lipinski definition) is 1. The van der Waals surface area contributed by atoms with Gasteiger partial charge in [-0.1, -0.05) is 46.9 Å². The van der Waals surface area contributed by atoms with Gasteiger partial charge in [-0.15, -0.1) is 0 Å². The van der Waals surface area contributed by atoms with Crippen LogP contribution in [0.25, 0.3) is 0 Å². The van der Waals surface area contributed by atoms with Crippen LogP contribution in [0.1, 0.15) is 11.1 Å². The number of aryl methyl sites for hydroxylation is 1. The number of halogens is 1. The fourth-order valence-corrected chi connectivity index (χ4v) is 1.54. The van der Waals surface area contributed by atoms with Gasteiger partial charge in [0.25, 0.3) is 0 Å². The number of aliphatic hydroxyl groups is 1. The van der Waals surface area contributed by atoms with E-state index in [0.29, 0.717) is 0 Å². The van der Waals surface area contributed by atoms with E-state index < -0.39 is 0 Å². The molecule has 1 aromatic carbocycles. The van der Waals surface area contributed by atoms with Crippen LogP contribution in [0, 0.1) is 0 Å². The minimum Gasteiger partial charge on any atom is -0.392 e. The smallest absolute Gasteiger partial charge is 0.392 e. The molecule has 0 bridgehead atoms. The Hall–Kier alpha value is 0.533. The van der Waals surface area contributed by atoms with E-state index in [4.69, 9.17) is 5.11 Å². The molecule has 1 nitrogen and oxygen atoms in total. The zero-order chi connectivity index (χ0) is 8.10. The van der Waals surface area contributed by atoms with Crippen molar-refractivity contribution in [1.29, 1.82) is 0 Å². The van der Waals surface area contributed by atoms with Gasteiger partial charge in [-0.05, 0) is 17.5 Å². The third kappa shape index (κ3) is 3.97. The fourth-order valence-electron chi connectivity index (χ4n) is 0.920. The Bertz CT molecular complexity index is 210. The van der Waals surface area contributed by atoms with Gasteiger partial charge in [0.1, 0.15) is 0 Å². The van der Waals surface area contributed by atoms with Crippen molar-refractivity contribution in [2.45, 2.75) is 13.0 Å². The second-order valence-electron chi connectivity index (χ2n) is 2.41. The summed E-state index contributed by atoms with van der Waals surface area (Å²) in [6.07, 6.45) is 1.12. The number of benzene rings is 1. The van der Waals surface area contributed by atoms with Gasteiger partial charge < -0.3 is 5.11 Å². The van der Waals surface area contributed by atoms with Crippen LogP contribution in [0.3, 0.4) is 0 Å². The Labute approximate surface area is 99.5 Å². The van der Waals surface area contributed by atoms with Crippen LogP contribution in [-0.4, -0.2) is 9.53 Å². The summed E-state index contributed by atoms with van der Waals surface area (Å²) in [6.45, 7) is 0.143. The standard InChI is InChI=1S/C9H11IO.Zn/c10-6-5-8-1-3-9(7-11)4-2-8;/h1-4,11H,5-7H2;/q;+2. The SMILES string of the molecule is OCc1ccc(CCI)cc1.[Zn+2]. The minimum atomic E-state index is 0. The Morgan fingerprint density at radius 3 is 2.00 bits per heavy atom. The zero-order valence-electron chi connectivity index (χ0n) is 6.96. The number of hydrogen-bond acceptors (Lipinski definition) is 1. The van der Waals surface area contributed by atoms with E-state index in [2.05, 4.69) is 34.7 Å². The van der Waals surface area contributed by atoms with Crippen LogP contribution in [-0.2, 0) is 32.5 Å². The first-order valence-corrected chi connectivity index (χ1v) is 5.14. The molecule has 1 aromatic rings. The van der Waals surface area contributed by atoms with Gasteiger partial charge in [-0.3, -0.25) is 0 Å². The van der Waals surface area contributed by atoms with E-state index in [0.717, 1.165) is 16.4 Å². The zero-order valence-corrected chi connectivity index (χ0v) is 12.1. The van der Waals surface area contributed by atoms with Gasteiger partial charge >= 0.3 is 19.5 Å². The first-order chi connectivity index (χ1) is 5.36. The van der Waals surface area contributed by atoms with Gasteiger partial charge in [-0.25, -0.2) is 0 Å². The maximum absolute atomic E-state index is 8.76. The first-order valence-electron chi connectivity index (χ1n) is 3.61. The molecule has 0 unspecified atom stereocenters. The summed E-state index contributed by atoms with van der Waals surface area (Å²) in [4.78, 5) is 0. The monoisotopic (exact) mass is 326 g/mol. The van der Waals surface area contributed by atoms with Crippen molar-refractivity contribution in [3.8, 4) is 0 Å². The van der Waals surface area contributed by atoms with Crippen LogP contribution >= 0.6 is 22.6 Å². The molecule has 0 saturated carbocycles. The van der Waals surface area contributed by atoms with Crippen molar-refractivity contribution in [1.82, 2.24) is 0 Å². The normalized spacial score (nSPS) is 9.17. The van der Waals surface area contributed by atoms with Gasteiger partial charge in [0.05, 0.1) is 6.61 Å². The van der Waals surface area contributed by atoms with Crippen molar-refractivity contribution >= 4 is 22.6 Å². The number of aliphatic hydroxyl groups excluding tert-OH is 1. The van der Waals surface area contributed by atoms with Crippen LogP contribution < -0.4 is 0 Å². The average molecular weight is 327 g/mol. The Kier molecular flexibility index (Phi) is 7.30. The predicted octanol–water partition coefficient (Wildman–Crippen LogP) is 2.15. The van der Waals surface area contributed by atoms with Crippen LogP contribution in [0.15, 0.2) is 24.3 Å². The fraction of sp³-hybridized carbons (Fsp3) is 0.333. The summed E-state index contributed by atoms with van der Waals surface area (Å²) in [7, 11) is 0. The molecule has 1 rings (SSSR count). The Morgan fingerprint density at radius 2 is 1.58 bits per heavy atom. The maximum atomic E-state index is 8.76. The van der Waals surface area contributed by atoms with Crippen molar-refractivity contribution in [3.63, 3.8) is 0 Å². The van der Waals surface area contributed by atoms with Gasteiger partial charge in [0.15, 0.2) is 0 Å². The minimum absolute atomic E-state index is 0. The summed E-state index contributed by atoms with van der Waals surface area (Å²) in [5, 5.41) is 8.76. The van der Waals surface area contributed by atoms with Crippen molar-refractivity contribution in [3.05, 3.63) is 35.4 Å². The van der Waals surface area contributed by atoms with Crippen molar-refractivity contribution in [2.24, 2.45) is 0 Å². The molecule has 0 aliphatic carbocycles. The largest absolute Gasteiger partial charge is 2.00 e. The molecule has 0 heterocycles. The first kappa shape index (κ1) is 12.5. The van der Waals surface area contributed by atoms with E-state index >= 15 is 0 Å². The molecular formula is C9H11IOZn+2. The summed E-state index contributed by atoms with van der Waals surface area (Å²) in [6, 6.07) is 8.09. The molecule has 12 heavy (non-hydrogen) atoms. The van der Waals surface area contributed by atoms with Crippen LogP contribution in [0.5, 0.6) is 0 Å². The Morgan fingerprint density at radius 1 is 1.08 bits per heavy atom. The van der Waals surface area contributed by atoms with Gasteiger partial charge in [-0.2, -0.15) is 0 Å². The third-order valence-corrected chi connectivity index (χ3v) is 2.13. The van der Waals surface area contributed by atoms with Crippen molar-refractivity contribution < 1.29 is 24.6 Å². The van der Waals surface area contributed by atoms with Gasteiger partial charge in [0.2, 0.25) is 0 Å². The van der Waals surface area contributed by atoms with Crippen molar-refractivity contribution in [2.75, 3.05) is 4.43 Å². The second kappa shape index (κ2) is 6.99. The summed E-state index contributed by atoms with van der Waals surface area (Å²) >= 11 is 2.36. The second-order valence-corrected chi connectivity index (χ2v) is 3.49. The molecule has 0 amide bonds. The van der Waals surface area contributed by atoms with E-state index in [-0.39, 0.29) is 26.1 Å². The third-order valence-electron chi connectivity index (χ3n) is 1.59. The topological polar surface area (TPSA) is 20.2 Å². The quantitative estimate of drug-likeness (QED) is 0.512. The molecule has 1 N–H and O–H groups in total. The predicted molar refractivity (Wildman–Crippen MR) is 55.0 cm³/mol. The Balaban J connectivity index is 0.00000121. The molecule has 0 fully saturated rings. The molecule has 0 aliphatic rings. The van der Waals surface area contributed by atoms with E-state index in [1.807, 2.05) is 12.1 Å². The molecule has 0 saturated heterocycles. The van der Waals surface area contributed by atoms with Gasteiger partial charge in [0, 0.05) is 4.43 Å². The van der Waals surface area contributed by atoms with Crippen LogP contribution in [0.2, 0.25) is 0 Å². The van der Waals surface area contributed by atoms with E-state index in [1.54, 1.807) is 0 Å². The van der Waals surface area contributed by atoms with E-state index in [1.165, 1.54) is 5.56 Å². The summed E-state index contributed by atoms with van der Waals surface area (Å²) in [5.74, 6) is 0. The molecule has 0 spiro atoms. The molecule has 0 radical (unpaired) electrons. The van der Waals surface area contributed by atoms with E-state index in [9.17, 15) is 0 Å². The maximum Gasteiger partial charge on any atom is 2.00 e. The summed E-state index contributed by atoms with van der Waals surface area (Å²) < 4.78 is 1.15. The average Bonchev–Trinajstić information content (AvgIpc) is 2.07. The number of rotatable bonds is 3. The number of alkyl halides is 1. The molecule has 3 heteroatoms. The molecular weight excluding hydrogens is 316 g/mol. The summed E-state index contributed by atoms with van der Waals surface area (Å²) in [5.41, 5.74) is 2.33. The van der Waals surface area contributed by atoms with Crippen LogP contribution in [0.4, 0.5) is 0 Å². The molecule has 60 valence electrons. The molecule has 0 aromatic heterocycles.